The van der Waals surface area contributed by atoms with Gasteiger partial charge in [-0.1, -0.05) is 114 Å². The minimum absolute atomic E-state index is 0. The van der Waals surface area contributed by atoms with Crippen LogP contribution in [0.2, 0.25) is 36.3 Å². The van der Waals surface area contributed by atoms with Crippen LogP contribution in [0.3, 0.4) is 0 Å². The van der Waals surface area contributed by atoms with E-state index < -0.39 is 16.6 Å². The van der Waals surface area contributed by atoms with E-state index in [0.717, 1.165) is 26.1 Å². The summed E-state index contributed by atoms with van der Waals surface area (Å²) in [6.45, 7) is 15.8. The molecule has 0 aromatic heterocycles. The zero-order valence-corrected chi connectivity index (χ0v) is 32.7. The van der Waals surface area contributed by atoms with Gasteiger partial charge in [0.15, 0.2) is 16.6 Å². The van der Waals surface area contributed by atoms with E-state index in [0.29, 0.717) is 11.8 Å². The Morgan fingerprint density at radius 3 is 1.45 bits per heavy atom. The first kappa shape index (κ1) is 39.8. The Hall–Kier alpha value is -0.263. The van der Waals surface area contributed by atoms with Crippen molar-refractivity contribution in [2.24, 2.45) is 5.41 Å². The molecule has 2 atom stereocenters. The molecule has 0 aliphatic heterocycles. The van der Waals surface area contributed by atoms with E-state index in [9.17, 15) is 0 Å². The predicted molar refractivity (Wildman–Crippen MR) is 174 cm³/mol. The number of fused-ring (bicyclic) bond motifs is 2. The molecule has 7 heteroatoms. The minimum atomic E-state index is -1.78. The summed E-state index contributed by atoms with van der Waals surface area (Å²) in [5.74, 6) is 0.662. The van der Waals surface area contributed by atoms with Gasteiger partial charge in [0.1, 0.15) is 0 Å². The van der Waals surface area contributed by atoms with Crippen LogP contribution in [0.1, 0.15) is 88.5 Å². The molecule has 0 N–H and O–H groups in total. The maximum Gasteiger partial charge on any atom is 2.00 e. The van der Waals surface area contributed by atoms with Crippen molar-refractivity contribution in [1.82, 2.24) is 0 Å². The summed E-state index contributed by atoms with van der Waals surface area (Å²) in [6.07, 6.45) is 11.9. The molecule has 0 bridgehead atoms. The molecule has 2 aliphatic carbocycles. The molecule has 0 heterocycles. The summed E-state index contributed by atoms with van der Waals surface area (Å²) < 4.78 is 14.1. The van der Waals surface area contributed by atoms with E-state index in [-0.39, 0.29) is 56.4 Å². The summed E-state index contributed by atoms with van der Waals surface area (Å²) in [6, 6.07) is 25.3. The first-order valence-corrected chi connectivity index (χ1v) is 20.8. The van der Waals surface area contributed by atoms with Gasteiger partial charge in [0.05, 0.1) is 0 Å². The van der Waals surface area contributed by atoms with Crippen molar-refractivity contribution in [3.05, 3.63) is 82.9 Å². The van der Waals surface area contributed by atoms with Gasteiger partial charge in [0.25, 0.3) is 0 Å². The van der Waals surface area contributed by atoms with Crippen molar-refractivity contribution in [2.75, 3.05) is 13.2 Å². The number of hydrogen-bond acceptors (Lipinski definition) is 2. The van der Waals surface area contributed by atoms with Gasteiger partial charge in [-0.3, -0.25) is 0 Å². The van der Waals surface area contributed by atoms with Crippen LogP contribution in [0.15, 0.2) is 60.7 Å². The van der Waals surface area contributed by atoms with Crippen molar-refractivity contribution >= 4 is 28.8 Å². The maximum absolute atomic E-state index is 7.30. The predicted octanol–water partition coefficient (Wildman–Crippen LogP) is 4.42. The van der Waals surface area contributed by atoms with E-state index in [1.54, 1.807) is 0 Å². The summed E-state index contributed by atoms with van der Waals surface area (Å²) in [4.78, 5) is 0. The Morgan fingerprint density at radius 1 is 0.619 bits per heavy atom. The zero-order valence-electron chi connectivity index (χ0n) is 26.7. The number of benzene rings is 2. The number of halogens is 2. The quantitative estimate of drug-likeness (QED) is 0.189. The summed E-state index contributed by atoms with van der Waals surface area (Å²) in [7, 11) is -3.39. The Bertz CT molecular complexity index is 1070. The van der Waals surface area contributed by atoms with Gasteiger partial charge in [-0.05, 0) is 71.4 Å². The van der Waals surface area contributed by atoms with Crippen molar-refractivity contribution in [1.29, 1.82) is 0 Å². The number of hydrogen-bond donors (Lipinski definition) is 0. The van der Waals surface area contributed by atoms with Crippen LogP contribution in [-0.2, 0) is 35.1 Å². The molecule has 2 aromatic carbocycles. The largest absolute Gasteiger partial charge is 2.00 e. The maximum atomic E-state index is 7.30. The van der Waals surface area contributed by atoms with Crippen LogP contribution in [0.4, 0.5) is 0 Å². The molecule has 0 radical (unpaired) electrons. The molecule has 0 spiro atoms. The third kappa shape index (κ3) is 8.11. The first-order valence-electron chi connectivity index (χ1n) is 15.8. The average Bonchev–Trinajstić information content (AvgIpc) is 3.63. The van der Waals surface area contributed by atoms with Crippen LogP contribution >= 0.6 is 0 Å². The first-order chi connectivity index (χ1) is 19.0. The number of rotatable bonds is 16. The molecule has 2 aliphatic rings. The summed E-state index contributed by atoms with van der Waals surface area (Å²) >= 11 is 0. The van der Waals surface area contributed by atoms with Crippen LogP contribution in [0, 0.1) is 5.41 Å². The Balaban J connectivity index is 0.00000294. The second kappa shape index (κ2) is 18.0. The average molecular weight is 723 g/mol. The van der Waals surface area contributed by atoms with Crippen molar-refractivity contribution in [2.45, 2.75) is 102 Å². The fourth-order valence-corrected chi connectivity index (χ4v) is 12.7. The van der Waals surface area contributed by atoms with Crippen molar-refractivity contribution in [3.8, 4) is 0 Å². The second-order valence-corrected chi connectivity index (χ2v) is 21.4. The topological polar surface area (TPSA) is 18.5 Å². The molecule has 0 saturated heterocycles. The van der Waals surface area contributed by atoms with Gasteiger partial charge in [0, 0.05) is 30.5 Å². The van der Waals surface area contributed by atoms with Crippen LogP contribution in [0.5, 0.6) is 0 Å². The molecule has 230 valence electrons. The number of allylic oxidation sites excluding steroid dienone is 2. The van der Waals surface area contributed by atoms with Gasteiger partial charge in [-0.15, -0.1) is 0 Å². The molecule has 0 fully saturated rings. The van der Waals surface area contributed by atoms with Gasteiger partial charge >= 0.3 is 26.2 Å². The summed E-state index contributed by atoms with van der Waals surface area (Å²) in [5.41, 5.74) is 5.63. The smallest absolute Gasteiger partial charge is 1.00 e. The summed E-state index contributed by atoms with van der Waals surface area (Å²) in [5, 5.41) is 0. The minimum Gasteiger partial charge on any atom is -1.00 e. The SMILES string of the molecule is CC[Si](CC)(CC)OCCCC(CO[Si](CC)(CC)CC)(C1C=Cc2ccccc21)C1C=Cc2ccccc21.[Cl-].[Cl-].[Zr+2]. The van der Waals surface area contributed by atoms with E-state index in [4.69, 9.17) is 8.85 Å². The van der Waals surface area contributed by atoms with Gasteiger partial charge < -0.3 is 33.7 Å². The Labute approximate surface area is 290 Å². The van der Waals surface area contributed by atoms with Crippen LogP contribution in [-0.4, -0.2) is 29.8 Å². The van der Waals surface area contributed by atoms with E-state index >= 15 is 0 Å². The molecule has 2 aromatic rings. The monoisotopic (exact) mass is 720 g/mol. The van der Waals surface area contributed by atoms with E-state index in [2.05, 4.69) is 114 Å². The molecule has 0 saturated carbocycles. The molecule has 0 amide bonds. The van der Waals surface area contributed by atoms with E-state index in [1.807, 2.05) is 0 Å². The molecular weight excluding hydrogens is 671 g/mol. The van der Waals surface area contributed by atoms with Gasteiger partial charge in [-0.25, -0.2) is 0 Å². The molecule has 2 nitrogen and oxygen atoms in total. The normalized spacial score (nSPS) is 18.3. The Kier molecular flexibility index (Phi) is 17.1. The zero-order chi connectivity index (χ0) is 27.9. The standard InChI is InChI=1S/C35H52O2Si2.2ClH.Zr/c1-7-38(8-2,9-3)36-27-17-26-35(28-37-39(10-4,11-5)12-6,33-24-22-29-18-13-15-20-31(29)33)34-25-23-30-19-14-16-21-32(30)34;;;/h13-16,18-25,33-34H,7-12,17,26-28H2,1-6H3;2*1H;/q;;;+2/p-2. The van der Waals surface area contributed by atoms with Crippen molar-refractivity contribution in [3.63, 3.8) is 0 Å². The van der Waals surface area contributed by atoms with Crippen molar-refractivity contribution < 1.29 is 59.9 Å². The van der Waals surface area contributed by atoms with Crippen LogP contribution < -0.4 is 24.8 Å². The fourth-order valence-electron chi connectivity index (χ4n) is 7.35. The molecule has 42 heavy (non-hydrogen) atoms. The fraction of sp³-hybridized carbons (Fsp3) is 0.543. The third-order valence-corrected chi connectivity index (χ3v) is 19.9. The molecular formula is C35H52Cl2O2Si2Zr. The van der Waals surface area contributed by atoms with Gasteiger partial charge in [0.2, 0.25) is 0 Å². The molecule has 2 unspecified atom stereocenters. The Morgan fingerprint density at radius 2 is 1.02 bits per heavy atom. The van der Waals surface area contributed by atoms with Crippen LogP contribution in [0.25, 0.3) is 12.2 Å². The second-order valence-electron chi connectivity index (χ2n) is 11.9. The van der Waals surface area contributed by atoms with E-state index in [1.165, 1.54) is 58.5 Å². The third-order valence-electron chi connectivity index (χ3n) is 10.5. The van der Waals surface area contributed by atoms with Gasteiger partial charge in [-0.2, -0.15) is 0 Å². The molecule has 4 rings (SSSR count).